The zero-order chi connectivity index (χ0) is 32.1. The normalized spacial score (nSPS) is 12.1. The molecular formula is C44H26N4O. The van der Waals surface area contributed by atoms with Gasteiger partial charge in [0.15, 0.2) is 11.6 Å². The molecule has 228 valence electrons. The first kappa shape index (κ1) is 26.4. The zero-order valence-corrected chi connectivity index (χ0v) is 26.2. The lowest BCUT2D eigenvalue weighted by molar-refractivity contribution is 0.653. The van der Waals surface area contributed by atoms with Crippen LogP contribution in [0.25, 0.3) is 99.3 Å². The Kier molecular flexibility index (Phi) is 5.32. The second-order valence-corrected chi connectivity index (χ2v) is 12.6. The quantitative estimate of drug-likeness (QED) is 0.196. The highest BCUT2D eigenvalue weighted by Gasteiger charge is 2.23. The number of aromatic nitrogens is 4. The molecule has 4 heterocycles. The van der Waals surface area contributed by atoms with Crippen molar-refractivity contribution in [3.63, 3.8) is 0 Å². The Morgan fingerprint density at radius 3 is 1.86 bits per heavy atom. The topological polar surface area (TPSA) is 48.8 Å². The van der Waals surface area contributed by atoms with Gasteiger partial charge in [-0.2, -0.15) is 4.98 Å². The maximum atomic E-state index is 6.51. The summed E-state index contributed by atoms with van der Waals surface area (Å²) >= 11 is 0. The fourth-order valence-corrected chi connectivity index (χ4v) is 7.74. The first-order chi connectivity index (χ1) is 24.3. The van der Waals surface area contributed by atoms with Crippen LogP contribution in [-0.4, -0.2) is 19.1 Å². The van der Waals surface area contributed by atoms with Gasteiger partial charge in [0.1, 0.15) is 5.58 Å². The summed E-state index contributed by atoms with van der Waals surface area (Å²) in [6.07, 6.45) is 0. The van der Waals surface area contributed by atoms with E-state index in [0.717, 1.165) is 55.5 Å². The molecule has 0 bridgehead atoms. The second kappa shape index (κ2) is 9.89. The summed E-state index contributed by atoms with van der Waals surface area (Å²) in [7, 11) is 0. The molecular weight excluding hydrogens is 601 g/mol. The number of hydrogen-bond acceptors (Lipinski definition) is 3. The van der Waals surface area contributed by atoms with Crippen LogP contribution in [0, 0.1) is 0 Å². The Morgan fingerprint density at radius 1 is 0.429 bits per heavy atom. The van der Waals surface area contributed by atoms with Gasteiger partial charge in [-0.3, -0.25) is 4.57 Å². The number of benzene rings is 7. The molecule has 0 aliphatic carbocycles. The third-order valence-corrected chi connectivity index (χ3v) is 9.92. The molecule has 0 atom stereocenters. The van der Waals surface area contributed by atoms with Crippen LogP contribution in [0.3, 0.4) is 0 Å². The Bertz CT molecular complexity index is 3110. The van der Waals surface area contributed by atoms with Gasteiger partial charge in [-0.15, -0.1) is 0 Å². The van der Waals surface area contributed by atoms with Crippen molar-refractivity contribution in [3.8, 4) is 22.9 Å². The summed E-state index contributed by atoms with van der Waals surface area (Å²) in [4.78, 5) is 10.6. The van der Waals surface area contributed by atoms with Gasteiger partial charge in [0, 0.05) is 38.2 Å². The van der Waals surface area contributed by atoms with Crippen molar-refractivity contribution in [2.75, 3.05) is 0 Å². The molecule has 49 heavy (non-hydrogen) atoms. The molecule has 5 heteroatoms. The Balaban J connectivity index is 1.25. The summed E-state index contributed by atoms with van der Waals surface area (Å²) in [5, 5.41) is 9.04. The van der Waals surface area contributed by atoms with Gasteiger partial charge < -0.3 is 8.98 Å². The van der Waals surface area contributed by atoms with E-state index in [4.69, 9.17) is 14.4 Å². The predicted octanol–water partition coefficient (Wildman–Crippen LogP) is 11.4. The molecule has 5 nitrogen and oxygen atoms in total. The summed E-state index contributed by atoms with van der Waals surface area (Å²) in [5.74, 6) is 1.41. The van der Waals surface area contributed by atoms with Crippen molar-refractivity contribution in [2.45, 2.75) is 0 Å². The molecule has 11 rings (SSSR count). The van der Waals surface area contributed by atoms with Gasteiger partial charge in [0.05, 0.1) is 27.5 Å². The van der Waals surface area contributed by atoms with Gasteiger partial charge >= 0.3 is 0 Å². The van der Waals surface area contributed by atoms with E-state index < -0.39 is 0 Å². The van der Waals surface area contributed by atoms with E-state index in [1.54, 1.807) is 0 Å². The van der Waals surface area contributed by atoms with Crippen molar-refractivity contribution in [1.82, 2.24) is 19.1 Å². The predicted molar refractivity (Wildman–Crippen MR) is 201 cm³/mol. The molecule has 7 aromatic carbocycles. The number of hydrogen-bond donors (Lipinski definition) is 0. The molecule has 0 unspecified atom stereocenters. The van der Waals surface area contributed by atoms with E-state index >= 15 is 0 Å². The monoisotopic (exact) mass is 626 g/mol. The summed E-state index contributed by atoms with van der Waals surface area (Å²) < 4.78 is 11.1. The van der Waals surface area contributed by atoms with Crippen molar-refractivity contribution >= 4 is 76.5 Å². The highest BCUT2D eigenvalue weighted by molar-refractivity contribution is 6.16. The van der Waals surface area contributed by atoms with Crippen LogP contribution in [0.15, 0.2) is 162 Å². The molecule has 0 spiro atoms. The molecule has 0 fully saturated rings. The maximum absolute atomic E-state index is 6.51. The van der Waals surface area contributed by atoms with E-state index in [-0.39, 0.29) is 0 Å². The van der Waals surface area contributed by atoms with E-state index in [0.29, 0.717) is 11.5 Å². The third kappa shape index (κ3) is 3.75. The van der Waals surface area contributed by atoms with Gasteiger partial charge in [0.2, 0.25) is 5.71 Å². The minimum absolute atomic E-state index is 0.566. The average molecular weight is 627 g/mol. The van der Waals surface area contributed by atoms with E-state index in [1.807, 2.05) is 18.2 Å². The largest absolute Gasteiger partial charge is 0.437 e. The fraction of sp³-hybridized carbons (Fsp3) is 0. The van der Waals surface area contributed by atoms with Crippen LogP contribution in [0.5, 0.6) is 0 Å². The van der Waals surface area contributed by atoms with Crippen LogP contribution in [-0.2, 0) is 0 Å². The van der Waals surface area contributed by atoms with Gasteiger partial charge in [-0.05, 0) is 59.3 Å². The van der Waals surface area contributed by atoms with Gasteiger partial charge in [0.25, 0.3) is 0 Å². The molecule has 0 aliphatic heterocycles. The van der Waals surface area contributed by atoms with Crippen molar-refractivity contribution in [2.24, 2.45) is 0 Å². The molecule has 0 N–H and O–H groups in total. The Hall–Kier alpha value is -6.72. The van der Waals surface area contributed by atoms with Crippen LogP contribution >= 0.6 is 0 Å². The molecule has 11 aromatic rings. The number of para-hydroxylation sites is 4. The molecule has 4 aromatic heterocycles. The summed E-state index contributed by atoms with van der Waals surface area (Å²) in [6, 6.07) is 55.5. The van der Waals surface area contributed by atoms with Gasteiger partial charge in [-0.25, -0.2) is 4.98 Å². The number of fused-ring (bicyclic) bond motifs is 10. The second-order valence-electron chi connectivity index (χ2n) is 12.6. The minimum Gasteiger partial charge on any atom is -0.437 e. The lowest BCUT2D eigenvalue weighted by Crippen LogP contribution is -2.02. The molecule has 0 amide bonds. The molecule has 0 aliphatic rings. The minimum atomic E-state index is 0.566. The average Bonchev–Trinajstić information content (AvgIpc) is 3.81. The zero-order valence-electron chi connectivity index (χ0n) is 26.2. The highest BCUT2D eigenvalue weighted by atomic mass is 16.3. The first-order valence-electron chi connectivity index (χ1n) is 16.5. The van der Waals surface area contributed by atoms with Crippen LogP contribution < -0.4 is 0 Å². The van der Waals surface area contributed by atoms with Crippen LogP contribution in [0.1, 0.15) is 0 Å². The lowest BCUT2D eigenvalue weighted by atomic mass is 10.1. The van der Waals surface area contributed by atoms with Crippen molar-refractivity contribution in [3.05, 3.63) is 158 Å². The molecule has 0 saturated carbocycles. The first-order valence-corrected chi connectivity index (χ1v) is 16.5. The number of nitrogens with zero attached hydrogens (tertiary/aromatic N) is 4. The molecule has 0 radical (unpaired) electrons. The Labute approximate surface area is 279 Å². The van der Waals surface area contributed by atoms with Gasteiger partial charge in [-0.1, -0.05) is 109 Å². The standard InChI is InChI=1S/C44H26N4O/c1-2-14-30(15-3-1)47-36-19-9-6-16-31(36)33-23-22-29(26-38(33)47)42-45-43(41-34-18-8-11-21-40(34)49-44(41)46-42)48-37-20-10-7-17-32(37)35-24-27-12-4-5-13-28(27)25-39(35)48/h1-26H. The smallest absolute Gasteiger partial charge is 0.233 e. The number of rotatable bonds is 3. The van der Waals surface area contributed by atoms with E-state index in [2.05, 4.69) is 149 Å². The van der Waals surface area contributed by atoms with E-state index in [1.165, 1.54) is 32.3 Å². The maximum Gasteiger partial charge on any atom is 0.233 e. The van der Waals surface area contributed by atoms with Crippen molar-refractivity contribution < 1.29 is 4.42 Å². The summed E-state index contributed by atoms with van der Waals surface area (Å²) in [6.45, 7) is 0. The molecule has 0 saturated heterocycles. The van der Waals surface area contributed by atoms with Crippen LogP contribution in [0.2, 0.25) is 0 Å². The fourth-order valence-electron chi connectivity index (χ4n) is 7.74. The SMILES string of the molecule is c1ccc(-n2c3ccccc3c3ccc(-c4nc(-n5c6ccccc6c6cc7ccccc7cc65)c5c(n4)oc4ccccc45)cc32)cc1. The lowest BCUT2D eigenvalue weighted by Gasteiger charge is -2.12. The van der Waals surface area contributed by atoms with Crippen molar-refractivity contribution in [1.29, 1.82) is 0 Å². The number of furan rings is 1. The Morgan fingerprint density at radius 2 is 1.04 bits per heavy atom. The third-order valence-electron chi connectivity index (χ3n) is 9.92. The van der Waals surface area contributed by atoms with E-state index in [9.17, 15) is 0 Å². The highest BCUT2D eigenvalue weighted by Crippen LogP contribution is 2.40. The van der Waals surface area contributed by atoms with Crippen LogP contribution in [0.4, 0.5) is 0 Å². The summed E-state index contributed by atoms with van der Waals surface area (Å²) in [5.41, 5.74) is 7.82.